The standard InChI is InChI=1S/C29H24O/c30-29-27(23-17-9-3-10-18-23)25(21-13-5-1-6-14-21)26(22-15-7-2-8-16-22)28(29)24-19-11-4-12-20-24/h1-20,25-28H/t25-,26+,27+,28-. The smallest absolute Gasteiger partial charge is 0.149 e. The highest BCUT2D eigenvalue weighted by atomic mass is 16.1. The number of carbonyl (C=O) groups excluding carboxylic acids is 1. The van der Waals surface area contributed by atoms with Crippen LogP contribution in [-0.2, 0) is 4.79 Å². The summed E-state index contributed by atoms with van der Waals surface area (Å²) in [6, 6.07) is 41.7. The van der Waals surface area contributed by atoms with Crippen LogP contribution in [0.5, 0.6) is 0 Å². The number of hydrogen-bond donors (Lipinski definition) is 0. The number of rotatable bonds is 4. The van der Waals surface area contributed by atoms with Gasteiger partial charge in [0.25, 0.3) is 0 Å². The summed E-state index contributed by atoms with van der Waals surface area (Å²) < 4.78 is 0. The van der Waals surface area contributed by atoms with E-state index < -0.39 is 0 Å². The molecular weight excluding hydrogens is 364 g/mol. The van der Waals surface area contributed by atoms with Crippen LogP contribution in [0.2, 0.25) is 0 Å². The first kappa shape index (κ1) is 18.6. The van der Waals surface area contributed by atoms with Gasteiger partial charge < -0.3 is 0 Å². The molecule has 0 aliphatic heterocycles. The van der Waals surface area contributed by atoms with Gasteiger partial charge in [-0.15, -0.1) is 0 Å². The summed E-state index contributed by atoms with van der Waals surface area (Å²) in [5.74, 6) is 0.172. The van der Waals surface area contributed by atoms with E-state index in [-0.39, 0.29) is 23.7 Å². The van der Waals surface area contributed by atoms with Crippen molar-refractivity contribution in [2.45, 2.75) is 23.7 Å². The maximum absolute atomic E-state index is 14.1. The average Bonchev–Trinajstić information content (AvgIpc) is 3.14. The van der Waals surface area contributed by atoms with E-state index in [1.807, 2.05) is 48.5 Å². The van der Waals surface area contributed by atoms with Crippen molar-refractivity contribution in [2.24, 2.45) is 0 Å². The summed E-state index contributed by atoms with van der Waals surface area (Å²) in [5.41, 5.74) is 4.67. The number of Topliss-reactive ketones (excluding diaryl/α,β-unsaturated/α-hetero) is 1. The Hall–Kier alpha value is -3.45. The molecule has 4 atom stereocenters. The molecule has 0 aromatic heterocycles. The third-order valence-corrected chi connectivity index (χ3v) is 6.40. The normalized spacial score (nSPS) is 23.4. The molecule has 146 valence electrons. The summed E-state index contributed by atoms with van der Waals surface area (Å²) in [5, 5.41) is 0. The van der Waals surface area contributed by atoms with Gasteiger partial charge >= 0.3 is 0 Å². The Morgan fingerprint density at radius 3 is 0.933 bits per heavy atom. The van der Waals surface area contributed by atoms with E-state index in [1.165, 1.54) is 11.1 Å². The molecule has 5 rings (SSSR count). The van der Waals surface area contributed by atoms with Gasteiger partial charge in [-0.2, -0.15) is 0 Å². The second kappa shape index (κ2) is 8.12. The van der Waals surface area contributed by atoms with Crippen LogP contribution in [0.25, 0.3) is 0 Å². The minimum atomic E-state index is -0.163. The third kappa shape index (κ3) is 3.27. The van der Waals surface area contributed by atoms with E-state index in [4.69, 9.17) is 0 Å². The fraction of sp³-hybridized carbons (Fsp3) is 0.138. The second-order valence-corrected chi connectivity index (χ2v) is 8.05. The molecule has 0 heterocycles. The zero-order chi connectivity index (χ0) is 20.3. The van der Waals surface area contributed by atoms with E-state index in [9.17, 15) is 4.79 Å². The first-order valence-electron chi connectivity index (χ1n) is 10.6. The van der Waals surface area contributed by atoms with Crippen LogP contribution in [0.15, 0.2) is 121 Å². The molecule has 0 amide bonds. The van der Waals surface area contributed by atoms with Crippen molar-refractivity contribution < 1.29 is 4.79 Å². The molecule has 4 aromatic rings. The van der Waals surface area contributed by atoms with Crippen molar-refractivity contribution >= 4 is 5.78 Å². The quantitative estimate of drug-likeness (QED) is 0.380. The van der Waals surface area contributed by atoms with Gasteiger partial charge in [-0.3, -0.25) is 4.79 Å². The third-order valence-electron chi connectivity index (χ3n) is 6.40. The van der Waals surface area contributed by atoms with Gasteiger partial charge in [0.05, 0.1) is 11.8 Å². The molecule has 0 bridgehead atoms. The van der Waals surface area contributed by atoms with Gasteiger partial charge in [0.2, 0.25) is 0 Å². The average molecular weight is 389 g/mol. The van der Waals surface area contributed by atoms with Gasteiger partial charge in [0.1, 0.15) is 5.78 Å². The Morgan fingerprint density at radius 1 is 0.367 bits per heavy atom. The molecular formula is C29H24O. The second-order valence-electron chi connectivity index (χ2n) is 8.05. The lowest BCUT2D eigenvalue weighted by Crippen LogP contribution is -2.14. The van der Waals surface area contributed by atoms with E-state index in [0.717, 1.165) is 11.1 Å². The summed E-state index contributed by atoms with van der Waals surface area (Å²) in [7, 11) is 0. The lowest BCUT2D eigenvalue weighted by molar-refractivity contribution is -0.120. The van der Waals surface area contributed by atoms with Gasteiger partial charge in [0.15, 0.2) is 0 Å². The van der Waals surface area contributed by atoms with Crippen LogP contribution in [-0.4, -0.2) is 5.78 Å². The summed E-state index contributed by atoms with van der Waals surface area (Å²) in [6.45, 7) is 0. The molecule has 1 fully saturated rings. The SMILES string of the molecule is O=C1[C@H](c2ccccc2)[C@@H](c2ccccc2)[C@@H](c2ccccc2)[C@@H]1c1ccccc1. The Bertz CT molecular complexity index is 1010. The molecule has 1 nitrogen and oxygen atoms in total. The highest BCUT2D eigenvalue weighted by Crippen LogP contribution is 2.58. The predicted octanol–water partition coefficient (Wildman–Crippen LogP) is 6.70. The minimum absolute atomic E-state index is 0.0914. The van der Waals surface area contributed by atoms with E-state index in [0.29, 0.717) is 5.78 Å². The molecule has 1 heteroatoms. The highest BCUT2D eigenvalue weighted by molar-refractivity contribution is 5.97. The van der Waals surface area contributed by atoms with Crippen LogP contribution in [0, 0.1) is 0 Å². The topological polar surface area (TPSA) is 17.1 Å². The van der Waals surface area contributed by atoms with Crippen molar-refractivity contribution in [3.05, 3.63) is 144 Å². The van der Waals surface area contributed by atoms with E-state index in [2.05, 4.69) is 72.8 Å². The Balaban J connectivity index is 1.74. The fourth-order valence-corrected chi connectivity index (χ4v) is 5.18. The van der Waals surface area contributed by atoms with Crippen molar-refractivity contribution in [1.82, 2.24) is 0 Å². The molecule has 0 saturated heterocycles. The number of benzene rings is 4. The Kier molecular flexibility index (Phi) is 5.03. The molecule has 0 radical (unpaired) electrons. The van der Waals surface area contributed by atoms with Crippen LogP contribution in [0.4, 0.5) is 0 Å². The van der Waals surface area contributed by atoms with Gasteiger partial charge in [-0.25, -0.2) is 0 Å². The minimum Gasteiger partial charge on any atom is -0.298 e. The Labute approximate surface area is 178 Å². The summed E-state index contributed by atoms with van der Waals surface area (Å²) >= 11 is 0. The maximum Gasteiger partial charge on any atom is 0.149 e. The van der Waals surface area contributed by atoms with Gasteiger partial charge in [0, 0.05) is 11.8 Å². The molecule has 0 spiro atoms. The number of hydrogen-bond acceptors (Lipinski definition) is 1. The van der Waals surface area contributed by atoms with Crippen LogP contribution < -0.4 is 0 Å². The number of ketones is 1. The zero-order valence-electron chi connectivity index (χ0n) is 16.8. The van der Waals surface area contributed by atoms with Gasteiger partial charge in [-0.1, -0.05) is 121 Å². The lowest BCUT2D eigenvalue weighted by atomic mass is 9.75. The maximum atomic E-state index is 14.1. The van der Waals surface area contributed by atoms with Crippen molar-refractivity contribution in [3.63, 3.8) is 0 Å². The molecule has 0 N–H and O–H groups in total. The molecule has 1 aliphatic carbocycles. The van der Waals surface area contributed by atoms with Crippen molar-refractivity contribution in [3.8, 4) is 0 Å². The van der Waals surface area contributed by atoms with Crippen LogP contribution in [0.3, 0.4) is 0 Å². The van der Waals surface area contributed by atoms with Crippen LogP contribution >= 0.6 is 0 Å². The first-order valence-corrected chi connectivity index (χ1v) is 10.6. The lowest BCUT2D eigenvalue weighted by Gasteiger charge is -2.27. The van der Waals surface area contributed by atoms with Crippen molar-refractivity contribution in [1.29, 1.82) is 0 Å². The molecule has 4 aromatic carbocycles. The highest BCUT2D eigenvalue weighted by Gasteiger charge is 2.51. The fourth-order valence-electron chi connectivity index (χ4n) is 5.18. The molecule has 1 aliphatic rings. The molecule has 1 saturated carbocycles. The first-order chi connectivity index (χ1) is 14.8. The monoisotopic (exact) mass is 388 g/mol. The molecule has 30 heavy (non-hydrogen) atoms. The van der Waals surface area contributed by atoms with E-state index in [1.54, 1.807) is 0 Å². The van der Waals surface area contributed by atoms with Crippen LogP contribution in [0.1, 0.15) is 45.9 Å². The summed E-state index contributed by atoms with van der Waals surface area (Å²) in [4.78, 5) is 14.1. The van der Waals surface area contributed by atoms with E-state index >= 15 is 0 Å². The predicted molar refractivity (Wildman–Crippen MR) is 122 cm³/mol. The molecule has 0 unspecified atom stereocenters. The Morgan fingerprint density at radius 2 is 0.633 bits per heavy atom. The summed E-state index contributed by atoms with van der Waals surface area (Å²) in [6.07, 6.45) is 0. The van der Waals surface area contributed by atoms with Gasteiger partial charge in [-0.05, 0) is 22.3 Å². The number of carbonyl (C=O) groups is 1. The largest absolute Gasteiger partial charge is 0.298 e. The zero-order valence-corrected chi connectivity index (χ0v) is 16.8. The van der Waals surface area contributed by atoms with Crippen molar-refractivity contribution in [2.75, 3.05) is 0 Å².